The Morgan fingerprint density at radius 2 is 0.785 bits per heavy atom. The summed E-state index contributed by atoms with van der Waals surface area (Å²) in [7, 11) is 1.24. The van der Waals surface area contributed by atoms with Crippen LogP contribution >= 0.6 is 7.82 Å². The number of unbranched alkanes of at least 4 members (excludes halogenated alkanes) is 30. The van der Waals surface area contributed by atoms with Crippen LogP contribution in [0.15, 0.2) is 109 Å². The van der Waals surface area contributed by atoms with E-state index in [9.17, 15) is 19.4 Å². The number of allylic oxidation sites excluding steroid dienone is 17. The fourth-order valence-corrected chi connectivity index (χ4v) is 9.87. The van der Waals surface area contributed by atoms with Crippen molar-refractivity contribution in [1.29, 1.82) is 0 Å². The van der Waals surface area contributed by atoms with E-state index in [4.69, 9.17) is 9.05 Å². The summed E-state index contributed by atoms with van der Waals surface area (Å²) in [6, 6.07) is -0.908. The van der Waals surface area contributed by atoms with Gasteiger partial charge in [0.2, 0.25) is 5.91 Å². The molecule has 9 heteroatoms. The molecule has 0 saturated carbocycles. The Kier molecular flexibility index (Phi) is 57.6. The number of phosphoric acid groups is 1. The van der Waals surface area contributed by atoms with E-state index in [-0.39, 0.29) is 12.5 Å². The van der Waals surface area contributed by atoms with E-state index < -0.39 is 26.6 Å². The predicted octanol–water partition coefficient (Wildman–Crippen LogP) is 20.1. The Hall–Kier alpha value is -2.84. The minimum Gasteiger partial charge on any atom is -0.756 e. The van der Waals surface area contributed by atoms with Gasteiger partial charge in [-0.25, -0.2) is 0 Å². The van der Waals surface area contributed by atoms with Gasteiger partial charge < -0.3 is 28.8 Å². The van der Waals surface area contributed by atoms with Crippen LogP contribution in [0.4, 0.5) is 0 Å². The van der Waals surface area contributed by atoms with E-state index in [1.54, 1.807) is 6.08 Å². The van der Waals surface area contributed by atoms with Crippen molar-refractivity contribution in [1.82, 2.24) is 5.32 Å². The minimum absolute atomic E-state index is 0.00899. The standard InChI is InChI=1S/C70H125N2O6P/c1-6-8-10-12-14-16-18-20-22-24-26-27-28-29-30-31-32-33-34-35-36-37-38-39-40-41-42-43-44-45-46-48-50-52-54-56-58-60-62-64-70(74)71-68(67-78-79(75,76)77-66-65-72(3,4)5)69(73)63-61-59-57-55-53-51-49-47-25-23-21-19-17-15-13-11-9-7-2/h8,10,14,16,20,22,26-27,29-30,32-33,35-36,53,55,61,63,68-69,73H,6-7,9,11-13,15,17-19,21,23-25,28,31,34,37-52,54,56-60,62,64-67H2,1-5H3,(H-,71,74,75,76)/b10-8-,16-14-,22-20-,27-26-,30-29-,33-32-,36-35-,55-53+,63-61+. The smallest absolute Gasteiger partial charge is 0.268 e. The zero-order chi connectivity index (χ0) is 57.7. The van der Waals surface area contributed by atoms with E-state index in [2.05, 4.69) is 116 Å². The molecule has 79 heavy (non-hydrogen) atoms. The highest BCUT2D eigenvalue weighted by Crippen LogP contribution is 2.38. The van der Waals surface area contributed by atoms with Crippen LogP contribution in [0.1, 0.15) is 277 Å². The van der Waals surface area contributed by atoms with Crippen molar-refractivity contribution < 1.29 is 32.9 Å². The topological polar surface area (TPSA) is 108 Å². The van der Waals surface area contributed by atoms with Gasteiger partial charge in [0, 0.05) is 6.42 Å². The number of nitrogens with zero attached hydrogens (tertiary/aromatic N) is 1. The number of phosphoric ester groups is 1. The Morgan fingerprint density at radius 1 is 0.456 bits per heavy atom. The van der Waals surface area contributed by atoms with Crippen molar-refractivity contribution in [2.45, 2.75) is 289 Å². The molecule has 456 valence electrons. The largest absolute Gasteiger partial charge is 0.756 e. The average Bonchev–Trinajstić information content (AvgIpc) is 3.42. The maximum absolute atomic E-state index is 13.0. The monoisotopic (exact) mass is 1120 g/mol. The van der Waals surface area contributed by atoms with Gasteiger partial charge in [-0.05, 0) is 89.9 Å². The number of quaternary nitrogens is 1. The minimum atomic E-state index is -4.61. The molecule has 0 aromatic heterocycles. The van der Waals surface area contributed by atoms with Crippen molar-refractivity contribution in [3.05, 3.63) is 109 Å². The first kappa shape index (κ1) is 76.2. The first-order valence-corrected chi connectivity index (χ1v) is 34.2. The third kappa shape index (κ3) is 62.6. The van der Waals surface area contributed by atoms with Gasteiger partial charge in [0.25, 0.3) is 7.82 Å². The average molecular weight is 1120 g/mol. The van der Waals surface area contributed by atoms with E-state index >= 15 is 0 Å². The number of hydrogen-bond acceptors (Lipinski definition) is 6. The van der Waals surface area contributed by atoms with E-state index in [0.29, 0.717) is 17.4 Å². The molecule has 0 aliphatic carbocycles. The predicted molar refractivity (Wildman–Crippen MR) is 343 cm³/mol. The molecule has 0 rings (SSSR count). The van der Waals surface area contributed by atoms with Crippen LogP contribution in [0.25, 0.3) is 0 Å². The zero-order valence-corrected chi connectivity index (χ0v) is 52.9. The fourth-order valence-electron chi connectivity index (χ4n) is 9.15. The third-order valence-corrected chi connectivity index (χ3v) is 15.2. The highest BCUT2D eigenvalue weighted by Gasteiger charge is 2.23. The normalized spacial score (nSPS) is 14.5. The van der Waals surface area contributed by atoms with Crippen LogP contribution in [0.5, 0.6) is 0 Å². The Labute approximate surface area is 489 Å². The lowest BCUT2D eigenvalue weighted by Gasteiger charge is -2.29. The van der Waals surface area contributed by atoms with E-state index in [0.717, 1.165) is 83.5 Å². The number of amides is 1. The van der Waals surface area contributed by atoms with Crippen LogP contribution in [-0.4, -0.2) is 68.5 Å². The van der Waals surface area contributed by atoms with Crippen molar-refractivity contribution in [2.24, 2.45) is 0 Å². The molecule has 0 heterocycles. The van der Waals surface area contributed by atoms with Gasteiger partial charge in [-0.3, -0.25) is 9.36 Å². The molecule has 2 N–H and O–H groups in total. The first-order valence-electron chi connectivity index (χ1n) is 32.7. The van der Waals surface area contributed by atoms with Crippen molar-refractivity contribution in [3.8, 4) is 0 Å². The number of rotatable bonds is 59. The summed E-state index contributed by atoms with van der Waals surface area (Å²) < 4.78 is 23.4. The number of nitrogens with one attached hydrogen (secondary N) is 1. The van der Waals surface area contributed by atoms with Gasteiger partial charge in [0.15, 0.2) is 0 Å². The van der Waals surface area contributed by atoms with E-state index in [1.165, 1.54) is 173 Å². The quantitative estimate of drug-likeness (QED) is 0.0272. The van der Waals surface area contributed by atoms with Crippen LogP contribution in [0.2, 0.25) is 0 Å². The molecule has 0 aliphatic heterocycles. The van der Waals surface area contributed by atoms with Gasteiger partial charge in [-0.1, -0.05) is 290 Å². The highest BCUT2D eigenvalue weighted by atomic mass is 31.2. The summed E-state index contributed by atoms with van der Waals surface area (Å²) in [6.07, 6.45) is 87.7. The maximum Gasteiger partial charge on any atom is 0.268 e. The summed E-state index contributed by atoms with van der Waals surface area (Å²) in [5, 5.41) is 13.9. The van der Waals surface area contributed by atoms with Crippen molar-refractivity contribution in [3.63, 3.8) is 0 Å². The molecule has 3 atom stereocenters. The summed E-state index contributed by atoms with van der Waals surface area (Å²) in [5.74, 6) is -0.208. The Bertz CT molecular complexity index is 1650. The third-order valence-electron chi connectivity index (χ3n) is 14.2. The van der Waals surface area contributed by atoms with Crippen LogP contribution in [0, 0.1) is 0 Å². The lowest BCUT2D eigenvalue weighted by molar-refractivity contribution is -0.870. The summed E-state index contributed by atoms with van der Waals surface area (Å²) in [5.41, 5.74) is 0. The molecule has 0 aromatic rings. The molecule has 8 nitrogen and oxygen atoms in total. The Balaban J connectivity index is 4.05. The molecular formula is C70H125N2O6P. The van der Waals surface area contributed by atoms with Crippen LogP contribution < -0.4 is 10.2 Å². The summed E-state index contributed by atoms with van der Waals surface area (Å²) in [6.45, 7) is 4.53. The van der Waals surface area contributed by atoms with Gasteiger partial charge in [0.1, 0.15) is 13.2 Å². The van der Waals surface area contributed by atoms with E-state index in [1.807, 2.05) is 27.2 Å². The fraction of sp³-hybridized carbons (Fsp3) is 0.729. The molecule has 0 aromatic carbocycles. The van der Waals surface area contributed by atoms with Gasteiger partial charge in [-0.2, -0.15) is 0 Å². The van der Waals surface area contributed by atoms with Gasteiger partial charge in [0.05, 0.1) is 39.9 Å². The number of aliphatic hydroxyl groups is 1. The number of carbonyl (C=O) groups excluding carboxylic acids is 1. The SMILES string of the molecule is CC/C=C\C/C=C\C/C=C\C/C=C\C/C=C\C/C=C\C/C=C\CCCCCCCCCCCCCCCCCCCC(=O)NC(COP(=O)([O-])OCC[N+](C)(C)C)C(O)/C=C/CC/C=C/CCCCCCCCCCCCCC. The van der Waals surface area contributed by atoms with Gasteiger partial charge >= 0.3 is 0 Å². The highest BCUT2D eigenvalue weighted by molar-refractivity contribution is 7.45. The molecule has 0 radical (unpaired) electrons. The number of likely N-dealkylation sites (N-methyl/N-ethyl adjacent to an activating group) is 1. The molecular weight excluding hydrogens is 996 g/mol. The summed E-state index contributed by atoms with van der Waals surface area (Å²) >= 11 is 0. The molecule has 1 amide bonds. The first-order chi connectivity index (χ1) is 38.5. The van der Waals surface area contributed by atoms with Crippen LogP contribution in [-0.2, 0) is 18.4 Å². The molecule has 0 fully saturated rings. The molecule has 0 bridgehead atoms. The Morgan fingerprint density at radius 3 is 1.18 bits per heavy atom. The lowest BCUT2D eigenvalue weighted by Crippen LogP contribution is -2.45. The zero-order valence-electron chi connectivity index (χ0n) is 52.0. The summed E-state index contributed by atoms with van der Waals surface area (Å²) in [4.78, 5) is 25.6. The second-order valence-corrected chi connectivity index (χ2v) is 24.5. The molecule has 0 spiro atoms. The van der Waals surface area contributed by atoms with Crippen molar-refractivity contribution in [2.75, 3.05) is 40.9 Å². The molecule has 3 unspecified atom stereocenters. The van der Waals surface area contributed by atoms with Crippen LogP contribution in [0.3, 0.4) is 0 Å². The second kappa shape index (κ2) is 59.8. The number of carbonyl (C=O) groups is 1. The number of hydrogen-bond donors (Lipinski definition) is 2. The molecule has 0 aliphatic rings. The van der Waals surface area contributed by atoms with Gasteiger partial charge in [-0.15, -0.1) is 0 Å². The molecule has 0 saturated heterocycles. The second-order valence-electron chi connectivity index (χ2n) is 23.1. The van der Waals surface area contributed by atoms with Crippen molar-refractivity contribution >= 4 is 13.7 Å². The number of aliphatic hydroxyl groups excluding tert-OH is 1. The lowest BCUT2D eigenvalue weighted by atomic mass is 10.0. The maximum atomic E-state index is 13.0.